The summed E-state index contributed by atoms with van der Waals surface area (Å²) in [6.07, 6.45) is -0.227. The van der Waals surface area contributed by atoms with E-state index >= 15 is 0 Å². The zero-order valence-electron chi connectivity index (χ0n) is 8.44. The van der Waals surface area contributed by atoms with E-state index in [0.717, 1.165) is 10.0 Å². The Morgan fingerprint density at radius 2 is 2.33 bits per heavy atom. The standard InChI is InChI=1S/C11H13BrO3/c1-8(5-11(13)14)15-7-9-3-2-4-10(12)6-9/h2-4,6,8H,5,7H2,1H3,(H,13,14)/t8-/m0/s1. The highest BCUT2D eigenvalue weighted by Gasteiger charge is 2.07. The first-order valence-electron chi connectivity index (χ1n) is 4.66. The summed E-state index contributed by atoms with van der Waals surface area (Å²) in [4.78, 5) is 10.4. The van der Waals surface area contributed by atoms with Gasteiger partial charge in [-0.2, -0.15) is 0 Å². The Hall–Kier alpha value is -0.870. The van der Waals surface area contributed by atoms with E-state index in [0.29, 0.717) is 6.61 Å². The number of benzene rings is 1. The van der Waals surface area contributed by atoms with Gasteiger partial charge in [0.2, 0.25) is 0 Å². The van der Waals surface area contributed by atoms with Gasteiger partial charge in [0.1, 0.15) is 0 Å². The van der Waals surface area contributed by atoms with Crippen molar-refractivity contribution in [3.8, 4) is 0 Å². The summed E-state index contributed by atoms with van der Waals surface area (Å²) in [5.41, 5.74) is 1.03. The predicted octanol–water partition coefficient (Wildman–Crippen LogP) is 2.83. The van der Waals surface area contributed by atoms with Crippen LogP contribution in [0.1, 0.15) is 18.9 Å². The van der Waals surface area contributed by atoms with Crippen LogP contribution in [0.25, 0.3) is 0 Å². The Morgan fingerprint density at radius 3 is 2.93 bits per heavy atom. The van der Waals surface area contributed by atoms with E-state index < -0.39 is 5.97 Å². The molecular formula is C11H13BrO3. The number of hydrogen-bond acceptors (Lipinski definition) is 2. The second kappa shape index (κ2) is 5.88. The minimum atomic E-state index is -0.836. The third-order valence-electron chi connectivity index (χ3n) is 1.89. The second-order valence-corrected chi connectivity index (χ2v) is 4.27. The number of hydrogen-bond donors (Lipinski definition) is 1. The van der Waals surface area contributed by atoms with Gasteiger partial charge >= 0.3 is 5.97 Å². The average molecular weight is 273 g/mol. The van der Waals surface area contributed by atoms with Crippen LogP contribution in [0.5, 0.6) is 0 Å². The van der Waals surface area contributed by atoms with Crippen LogP contribution >= 0.6 is 15.9 Å². The molecule has 0 amide bonds. The van der Waals surface area contributed by atoms with Crippen LogP contribution in [0, 0.1) is 0 Å². The molecule has 1 aromatic rings. The Kier molecular flexibility index (Phi) is 4.78. The van der Waals surface area contributed by atoms with E-state index in [1.54, 1.807) is 6.92 Å². The average Bonchev–Trinajstić information content (AvgIpc) is 2.14. The lowest BCUT2D eigenvalue weighted by molar-refractivity contribution is -0.140. The van der Waals surface area contributed by atoms with Crippen LogP contribution in [0.3, 0.4) is 0 Å². The van der Waals surface area contributed by atoms with Crippen molar-refractivity contribution < 1.29 is 14.6 Å². The van der Waals surface area contributed by atoms with Crippen LogP contribution in [-0.4, -0.2) is 17.2 Å². The van der Waals surface area contributed by atoms with Gasteiger partial charge in [0.25, 0.3) is 0 Å². The molecular weight excluding hydrogens is 260 g/mol. The lowest BCUT2D eigenvalue weighted by Crippen LogP contribution is -2.13. The van der Waals surface area contributed by atoms with E-state index in [4.69, 9.17) is 9.84 Å². The maximum atomic E-state index is 10.4. The molecule has 0 unspecified atom stereocenters. The fraction of sp³-hybridized carbons (Fsp3) is 0.364. The maximum absolute atomic E-state index is 10.4. The van der Waals surface area contributed by atoms with Crippen molar-refractivity contribution in [3.05, 3.63) is 34.3 Å². The number of carboxylic acids is 1. The fourth-order valence-corrected chi connectivity index (χ4v) is 1.62. The topological polar surface area (TPSA) is 46.5 Å². The zero-order chi connectivity index (χ0) is 11.3. The van der Waals surface area contributed by atoms with Gasteiger partial charge in [-0.3, -0.25) is 4.79 Å². The van der Waals surface area contributed by atoms with E-state index in [-0.39, 0.29) is 12.5 Å². The van der Waals surface area contributed by atoms with Gasteiger partial charge in [-0.1, -0.05) is 28.1 Å². The molecule has 1 atom stereocenters. The fourth-order valence-electron chi connectivity index (χ4n) is 1.17. The Balaban J connectivity index is 2.40. The quantitative estimate of drug-likeness (QED) is 0.897. The second-order valence-electron chi connectivity index (χ2n) is 3.35. The third-order valence-corrected chi connectivity index (χ3v) is 2.38. The van der Waals surface area contributed by atoms with E-state index in [9.17, 15) is 4.79 Å². The number of halogens is 1. The Morgan fingerprint density at radius 1 is 1.60 bits per heavy atom. The molecule has 1 rings (SSSR count). The van der Waals surface area contributed by atoms with Gasteiger partial charge < -0.3 is 9.84 Å². The zero-order valence-corrected chi connectivity index (χ0v) is 10.0. The molecule has 0 radical (unpaired) electrons. The van der Waals surface area contributed by atoms with Crippen molar-refractivity contribution in [1.82, 2.24) is 0 Å². The van der Waals surface area contributed by atoms with E-state index in [1.807, 2.05) is 24.3 Å². The molecule has 0 aromatic heterocycles. The molecule has 0 bridgehead atoms. The lowest BCUT2D eigenvalue weighted by atomic mass is 10.2. The molecule has 0 spiro atoms. The van der Waals surface area contributed by atoms with Gasteiger partial charge in [0.15, 0.2) is 0 Å². The summed E-state index contributed by atoms with van der Waals surface area (Å²) in [5.74, 6) is -0.836. The molecule has 1 aromatic carbocycles. The SMILES string of the molecule is C[C@@H](CC(=O)O)OCc1cccc(Br)c1. The molecule has 4 heteroatoms. The van der Waals surface area contributed by atoms with Crippen molar-refractivity contribution >= 4 is 21.9 Å². The summed E-state index contributed by atoms with van der Waals surface area (Å²) in [6.45, 7) is 2.19. The molecule has 0 aliphatic heterocycles. The van der Waals surface area contributed by atoms with Crippen molar-refractivity contribution in [2.45, 2.75) is 26.1 Å². The van der Waals surface area contributed by atoms with Crippen molar-refractivity contribution in [1.29, 1.82) is 0 Å². The Labute approximate surface area is 97.2 Å². The number of carbonyl (C=O) groups is 1. The highest BCUT2D eigenvalue weighted by atomic mass is 79.9. The Bertz CT molecular complexity index is 338. The van der Waals surface area contributed by atoms with Crippen LogP contribution in [0.15, 0.2) is 28.7 Å². The van der Waals surface area contributed by atoms with Crippen molar-refractivity contribution in [3.63, 3.8) is 0 Å². The molecule has 1 N–H and O–H groups in total. The summed E-state index contributed by atoms with van der Waals surface area (Å²) < 4.78 is 6.39. The minimum Gasteiger partial charge on any atom is -0.481 e. The van der Waals surface area contributed by atoms with Crippen LogP contribution in [-0.2, 0) is 16.1 Å². The molecule has 0 saturated heterocycles. The summed E-state index contributed by atoms with van der Waals surface area (Å²) >= 11 is 3.36. The largest absolute Gasteiger partial charge is 0.481 e. The van der Waals surface area contributed by atoms with Gasteiger partial charge in [0, 0.05) is 4.47 Å². The maximum Gasteiger partial charge on any atom is 0.305 e. The van der Waals surface area contributed by atoms with Gasteiger partial charge in [-0.25, -0.2) is 0 Å². The third kappa shape index (κ3) is 4.95. The summed E-state index contributed by atoms with van der Waals surface area (Å²) in [6, 6.07) is 7.75. The van der Waals surface area contributed by atoms with Crippen LogP contribution in [0.4, 0.5) is 0 Å². The number of rotatable bonds is 5. The lowest BCUT2D eigenvalue weighted by Gasteiger charge is -2.10. The molecule has 3 nitrogen and oxygen atoms in total. The first-order valence-corrected chi connectivity index (χ1v) is 5.45. The normalized spacial score (nSPS) is 12.4. The van der Waals surface area contributed by atoms with Gasteiger partial charge in [0.05, 0.1) is 19.1 Å². The molecule has 0 heterocycles. The first-order chi connectivity index (χ1) is 7.08. The number of carboxylic acid groups (broad SMARTS) is 1. The molecule has 0 saturated carbocycles. The highest BCUT2D eigenvalue weighted by Crippen LogP contribution is 2.13. The molecule has 0 fully saturated rings. The number of aliphatic carboxylic acids is 1. The first kappa shape index (κ1) is 12.2. The van der Waals surface area contributed by atoms with E-state index in [2.05, 4.69) is 15.9 Å². The highest BCUT2D eigenvalue weighted by molar-refractivity contribution is 9.10. The summed E-state index contributed by atoms with van der Waals surface area (Å²) in [5, 5.41) is 8.54. The smallest absolute Gasteiger partial charge is 0.305 e. The van der Waals surface area contributed by atoms with Gasteiger partial charge in [-0.05, 0) is 24.6 Å². The molecule has 0 aliphatic rings. The van der Waals surface area contributed by atoms with Gasteiger partial charge in [-0.15, -0.1) is 0 Å². The predicted molar refractivity (Wildman–Crippen MR) is 60.6 cm³/mol. The van der Waals surface area contributed by atoms with Crippen LogP contribution in [0.2, 0.25) is 0 Å². The molecule has 82 valence electrons. The number of ether oxygens (including phenoxy) is 1. The molecule has 15 heavy (non-hydrogen) atoms. The van der Waals surface area contributed by atoms with Crippen molar-refractivity contribution in [2.75, 3.05) is 0 Å². The minimum absolute atomic E-state index is 0.0357. The monoisotopic (exact) mass is 272 g/mol. The van der Waals surface area contributed by atoms with E-state index in [1.165, 1.54) is 0 Å². The van der Waals surface area contributed by atoms with Crippen molar-refractivity contribution in [2.24, 2.45) is 0 Å². The summed E-state index contributed by atoms with van der Waals surface area (Å²) in [7, 11) is 0. The molecule has 0 aliphatic carbocycles. The van der Waals surface area contributed by atoms with Crippen LogP contribution < -0.4 is 0 Å².